The zero-order valence-corrected chi connectivity index (χ0v) is 17.7. The lowest BCUT2D eigenvalue weighted by molar-refractivity contribution is -0.136. The van der Waals surface area contributed by atoms with Crippen molar-refractivity contribution in [1.29, 1.82) is 0 Å². The minimum absolute atomic E-state index is 0.197. The SMILES string of the molecule is NC(=O)c1ncccc1CCC#Cc1cc2c(cc1Cl)CN(C1CCC(=O)NC1=O)C2=O. The summed E-state index contributed by atoms with van der Waals surface area (Å²) in [5.41, 5.74) is 7.96. The zero-order valence-electron chi connectivity index (χ0n) is 17.0. The Kier molecular flexibility index (Phi) is 5.93. The van der Waals surface area contributed by atoms with Crippen molar-refractivity contribution < 1.29 is 19.2 Å². The fourth-order valence-electron chi connectivity index (χ4n) is 3.90. The predicted octanol–water partition coefficient (Wildman–Crippen LogP) is 1.58. The van der Waals surface area contributed by atoms with Gasteiger partial charge in [0.25, 0.3) is 11.8 Å². The van der Waals surface area contributed by atoms with Gasteiger partial charge in [-0.15, -0.1) is 0 Å². The summed E-state index contributed by atoms with van der Waals surface area (Å²) >= 11 is 6.37. The van der Waals surface area contributed by atoms with Gasteiger partial charge in [0.15, 0.2) is 0 Å². The number of nitrogens with zero attached hydrogens (tertiary/aromatic N) is 2. The number of fused-ring (bicyclic) bond motifs is 1. The van der Waals surface area contributed by atoms with Crippen LogP contribution in [0.1, 0.15) is 56.8 Å². The van der Waals surface area contributed by atoms with Crippen molar-refractivity contribution in [2.24, 2.45) is 5.73 Å². The van der Waals surface area contributed by atoms with Gasteiger partial charge in [0.2, 0.25) is 11.8 Å². The van der Waals surface area contributed by atoms with E-state index in [4.69, 9.17) is 17.3 Å². The molecule has 0 spiro atoms. The van der Waals surface area contributed by atoms with Gasteiger partial charge in [-0.05, 0) is 42.2 Å². The van der Waals surface area contributed by atoms with E-state index in [1.807, 2.05) is 0 Å². The van der Waals surface area contributed by atoms with E-state index in [0.717, 1.165) is 5.56 Å². The number of nitrogens with one attached hydrogen (secondary N) is 1. The third-order valence-corrected chi connectivity index (χ3v) is 5.79. The van der Waals surface area contributed by atoms with Crippen molar-refractivity contribution in [1.82, 2.24) is 15.2 Å². The summed E-state index contributed by atoms with van der Waals surface area (Å²) in [6, 6.07) is 6.15. The molecule has 0 aliphatic carbocycles. The number of aromatic nitrogens is 1. The maximum absolute atomic E-state index is 12.9. The van der Waals surface area contributed by atoms with Crippen LogP contribution in [0.4, 0.5) is 0 Å². The summed E-state index contributed by atoms with van der Waals surface area (Å²) in [5, 5.41) is 2.69. The molecule has 8 nitrogen and oxygen atoms in total. The van der Waals surface area contributed by atoms with Crippen LogP contribution in [0.25, 0.3) is 0 Å². The van der Waals surface area contributed by atoms with Crippen LogP contribution in [0.3, 0.4) is 0 Å². The Hall–Kier alpha value is -3.70. The first kappa shape index (κ1) is 21.5. The molecule has 4 rings (SSSR count). The summed E-state index contributed by atoms with van der Waals surface area (Å²) in [4.78, 5) is 53.4. The number of piperidine rings is 1. The normalized spacial score (nSPS) is 17.5. The second-order valence-corrected chi connectivity index (χ2v) is 7.97. The van der Waals surface area contributed by atoms with E-state index in [2.05, 4.69) is 22.1 Å². The smallest absolute Gasteiger partial charge is 0.267 e. The molecule has 9 heteroatoms. The largest absolute Gasteiger partial charge is 0.364 e. The average Bonchev–Trinajstić information content (AvgIpc) is 3.06. The van der Waals surface area contributed by atoms with E-state index in [1.165, 1.54) is 11.1 Å². The van der Waals surface area contributed by atoms with Gasteiger partial charge >= 0.3 is 0 Å². The first-order valence-electron chi connectivity index (χ1n) is 10.0. The number of benzene rings is 1. The fourth-order valence-corrected chi connectivity index (χ4v) is 4.13. The third kappa shape index (κ3) is 4.20. The first-order valence-corrected chi connectivity index (χ1v) is 10.4. The Morgan fingerprint density at radius 2 is 2.12 bits per heavy atom. The molecule has 1 aromatic heterocycles. The van der Waals surface area contributed by atoms with E-state index in [0.29, 0.717) is 41.0 Å². The number of amides is 4. The zero-order chi connectivity index (χ0) is 22.8. The maximum atomic E-state index is 12.9. The Morgan fingerprint density at radius 3 is 2.88 bits per heavy atom. The minimum Gasteiger partial charge on any atom is -0.364 e. The van der Waals surface area contributed by atoms with Gasteiger partial charge in [0.1, 0.15) is 11.7 Å². The molecule has 1 atom stereocenters. The summed E-state index contributed by atoms with van der Waals surface area (Å²) in [5.74, 6) is 4.33. The minimum atomic E-state index is -0.681. The molecule has 2 aliphatic rings. The Labute approximate surface area is 189 Å². The van der Waals surface area contributed by atoms with Crippen molar-refractivity contribution in [2.75, 3.05) is 0 Å². The van der Waals surface area contributed by atoms with E-state index < -0.39 is 17.9 Å². The summed E-state index contributed by atoms with van der Waals surface area (Å²) in [7, 11) is 0. The molecule has 2 aliphatic heterocycles. The molecule has 3 N–H and O–H groups in total. The van der Waals surface area contributed by atoms with Crippen LogP contribution < -0.4 is 11.1 Å². The standard InChI is InChI=1S/C23H19ClN4O4/c24-17-11-15-12-28(18-7-8-19(29)27-22(18)31)23(32)16(15)10-14(17)5-2-1-4-13-6-3-9-26-20(13)21(25)30/h3,6,9-11,18H,1,4,7-8,12H2,(H2,25,30)(H,27,29,31). The number of nitrogens with two attached hydrogens (primary N) is 1. The van der Waals surface area contributed by atoms with Crippen molar-refractivity contribution >= 4 is 35.2 Å². The van der Waals surface area contributed by atoms with Gasteiger partial charge in [-0.25, -0.2) is 0 Å². The highest BCUT2D eigenvalue weighted by molar-refractivity contribution is 6.32. The highest BCUT2D eigenvalue weighted by atomic mass is 35.5. The summed E-state index contributed by atoms with van der Waals surface area (Å²) in [6.07, 6.45) is 2.93. The van der Waals surface area contributed by atoms with Crippen molar-refractivity contribution in [3.63, 3.8) is 0 Å². The molecule has 4 amide bonds. The van der Waals surface area contributed by atoms with Gasteiger partial charge in [0, 0.05) is 36.7 Å². The molecule has 1 aromatic carbocycles. The van der Waals surface area contributed by atoms with Crippen LogP contribution in [0.5, 0.6) is 0 Å². The topological polar surface area (TPSA) is 122 Å². The van der Waals surface area contributed by atoms with E-state index >= 15 is 0 Å². The van der Waals surface area contributed by atoms with Crippen LogP contribution in [-0.2, 0) is 22.6 Å². The quantitative estimate of drug-likeness (QED) is 0.541. The lowest BCUT2D eigenvalue weighted by Crippen LogP contribution is -2.52. The molecule has 0 radical (unpaired) electrons. The van der Waals surface area contributed by atoms with Crippen molar-refractivity contribution in [2.45, 2.75) is 38.3 Å². The molecule has 1 saturated heterocycles. The number of primary amides is 1. The highest BCUT2D eigenvalue weighted by Crippen LogP contribution is 2.31. The fraction of sp³-hybridized carbons (Fsp3) is 0.261. The molecule has 1 fully saturated rings. The van der Waals surface area contributed by atoms with Gasteiger partial charge in [-0.1, -0.05) is 29.5 Å². The predicted molar refractivity (Wildman–Crippen MR) is 115 cm³/mol. The highest BCUT2D eigenvalue weighted by Gasteiger charge is 2.39. The molecule has 2 aromatic rings. The number of carbonyl (C=O) groups is 4. The van der Waals surface area contributed by atoms with Gasteiger partial charge in [-0.2, -0.15) is 0 Å². The molecule has 3 heterocycles. The summed E-state index contributed by atoms with van der Waals surface area (Å²) in [6.45, 7) is 0.255. The maximum Gasteiger partial charge on any atom is 0.267 e. The molecular weight excluding hydrogens is 432 g/mol. The lowest BCUT2D eigenvalue weighted by atomic mass is 10.0. The van der Waals surface area contributed by atoms with Crippen LogP contribution in [0, 0.1) is 11.8 Å². The molecule has 0 saturated carbocycles. The van der Waals surface area contributed by atoms with E-state index in [-0.39, 0.29) is 30.5 Å². The number of rotatable bonds is 4. The number of aryl methyl sites for hydroxylation is 1. The number of hydrogen-bond donors (Lipinski definition) is 2. The number of imide groups is 1. The monoisotopic (exact) mass is 450 g/mol. The Balaban J connectivity index is 1.49. The molecule has 32 heavy (non-hydrogen) atoms. The second-order valence-electron chi connectivity index (χ2n) is 7.57. The molecule has 1 unspecified atom stereocenters. The van der Waals surface area contributed by atoms with Crippen molar-refractivity contribution in [3.8, 4) is 11.8 Å². The van der Waals surface area contributed by atoms with Gasteiger partial charge in [0.05, 0.1) is 5.02 Å². The molecule has 0 bridgehead atoms. The Bertz CT molecular complexity index is 1210. The second kappa shape index (κ2) is 8.81. The molecule has 162 valence electrons. The number of carbonyl (C=O) groups excluding carboxylic acids is 4. The summed E-state index contributed by atoms with van der Waals surface area (Å²) < 4.78 is 0. The van der Waals surface area contributed by atoms with Crippen molar-refractivity contribution in [3.05, 3.63) is 63.4 Å². The first-order chi connectivity index (χ1) is 15.3. The van der Waals surface area contributed by atoms with Gasteiger partial charge in [-0.3, -0.25) is 29.5 Å². The number of halogens is 1. The lowest BCUT2D eigenvalue weighted by Gasteiger charge is -2.29. The average molecular weight is 451 g/mol. The van der Waals surface area contributed by atoms with Crippen LogP contribution in [0.2, 0.25) is 5.02 Å². The van der Waals surface area contributed by atoms with Crippen LogP contribution in [0.15, 0.2) is 30.5 Å². The Morgan fingerprint density at radius 1 is 1.31 bits per heavy atom. The van der Waals surface area contributed by atoms with Crippen LogP contribution >= 0.6 is 11.6 Å². The third-order valence-electron chi connectivity index (χ3n) is 5.48. The van der Waals surface area contributed by atoms with E-state index in [9.17, 15) is 19.2 Å². The van der Waals surface area contributed by atoms with Gasteiger partial charge < -0.3 is 10.6 Å². The molecular formula is C23H19ClN4O4. The van der Waals surface area contributed by atoms with E-state index in [1.54, 1.807) is 24.3 Å². The number of hydrogen-bond acceptors (Lipinski definition) is 5. The number of pyridine rings is 1. The van der Waals surface area contributed by atoms with Crippen LogP contribution in [-0.4, -0.2) is 39.6 Å².